The van der Waals surface area contributed by atoms with Crippen LogP contribution in [0.5, 0.6) is 0 Å². The summed E-state index contributed by atoms with van der Waals surface area (Å²) in [5.41, 5.74) is 0. The minimum atomic E-state index is -0.821. The predicted octanol–water partition coefficient (Wildman–Crippen LogP) is 23.4. The molecule has 0 rings (SSSR count). The first-order chi connectivity index (χ1) is 41.0. The largest absolute Gasteiger partial charge is 0.462 e. The van der Waals surface area contributed by atoms with E-state index in [-0.39, 0.29) is 37.5 Å². The Morgan fingerprint density at radius 2 is 0.458 bits per heavy atom. The van der Waals surface area contributed by atoms with Gasteiger partial charge in [0.2, 0.25) is 0 Å². The maximum absolute atomic E-state index is 12.9. The predicted molar refractivity (Wildman–Crippen MR) is 361 cm³/mol. The molecule has 0 aromatic heterocycles. The van der Waals surface area contributed by atoms with Crippen molar-refractivity contribution in [1.82, 2.24) is 0 Å². The molecule has 0 radical (unpaired) electrons. The molecule has 0 N–H and O–H groups in total. The third kappa shape index (κ3) is 67.4. The van der Waals surface area contributed by atoms with Gasteiger partial charge in [0.1, 0.15) is 13.2 Å². The Labute approximate surface area is 511 Å². The van der Waals surface area contributed by atoms with E-state index in [0.29, 0.717) is 19.3 Å². The number of carbonyl (C=O) groups is 3. The fraction of sp³-hybridized carbons (Fsp3) is 0.597. The Kier molecular flexibility index (Phi) is 64.9. The van der Waals surface area contributed by atoms with Crippen LogP contribution in [0.15, 0.2) is 170 Å². The van der Waals surface area contributed by atoms with Crippen LogP contribution in [0.4, 0.5) is 0 Å². The Hall–Kier alpha value is -5.23. The molecule has 83 heavy (non-hydrogen) atoms. The normalized spacial score (nSPS) is 13.2. The molecule has 0 saturated heterocycles. The van der Waals surface area contributed by atoms with Gasteiger partial charge >= 0.3 is 17.9 Å². The van der Waals surface area contributed by atoms with E-state index < -0.39 is 6.10 Å². The summed E-state index contributed by atoms with van der Waals surface area (Å²) in [7, 11) is 0. The third-order valence-electron chi connectivity index (χ3n) is 13.7. The monoisotopic (exact) mass is 1140 g/mol. The van der Waals surface area contributed by atoms with E-state index in [9.17, 15) is 14.4 Å². The summed E-state index contributed by atoms with van der Waals surface area (Å²) >= 11 is 0. The fourth-order valence-corrected chi connectivity index (χ4v) is 8.80. The minimum Gasteiger partial charge on any atom is -0.462 e. The molecule has 0 bridgehead atoms. The van der Waals surface area contributed by atoms with E-state index in [1.807, 2.05) is 6.08 Å². The molecule has 0 heterocycles. The summed E-state index contributed by atoms with van der Waals surface area (Å²) in [6, 6.07) is 0. The number of hydrogen-bond donors (Lipinski definition) is 0. The van der Waals surface area contributed by atoms with Crippen molar-refractivity contribution in [1.29, 1.82) is 0 Å². The van der Waals surface area contributed by atoms with Crippen molar-refractivity contribution in [2.45, 2.75) is 284 Å². The highest BCUT2D eigenvalue weighted by atomic mass is 16.6. The SMILES string of the molecule is CC/C=C\C/C=C\C/C=C\C/C=C\C/C=C\C/C=C\CCCCCCCCCCCCC(=O)OCC(COC(=O)CC/C=C\C/C=C\C/C=C\C/C=C\CC)OC(=O)CCCCCCCCCCCC/C=C\C/C=C\C/C=C\C/C=C\CC. The summed E-state index contributed by atoms with van der Waals surface area (Å²) in [4.78, 5) is 38.3. The van der Waals surface area contributed by atoms with Crippen LogP contribution in [0.1, 0.15) is 278 Å². The zero-order chi connectivity index (χ0) is 59.9. The van der Waals surface area contributed by atoms with Crippen LogP contribution in [0, 0.1) is 0 Å². The zero-order valence-electron chi connectivity index (χ0n) is 53.4. The molecule has 6 heteroatoms. The molecule has 0 aromatic rings. The molecule has 0 aliphatic carbocycles. The molecule has 0 spiro atoms. The second-order valence-corrected chi connectivity index (χ2v) is 21.6. The van der Waals surface area contributed by atoms with Crippen LogP contribution in [0.25, 0.3) is 0 Å². The van der Waals surface area contributed by atoms with E-state index in [1.165, 1.54) is 96.3 Å². The number of rotatable bonds is 59. The number of carbonyl (C=O) groups excluding carboxylic acids is 3. The van der Waals surface area contributed by atoms with Crippen LogP contribution >= 0.6 is 0 Å². The molecular weight excluding hydrogens is 1020 g/mol. The van der Waals surface area contributed by atoms with Crippen molar-refractivity contribution in [3.63, 3.8) is 0 Å². The highest BCUT2D eigenvalue weighted by molar-refractivity contribution is 5.71. The van der Waals surface area contributed by atoms with Gasteiger partial charge < -0.3 is 14.2 Å². The molecular formula is C77H122O6. The van der Waals surface area contributed by atoms with Crippen molar-refractivity contribution in [3.8, 4) is 0 Å². The summed E-state index contributed by atoms with van der Waals surface area (Å²) < 4.78 is 16.9. The highest BCUT2D eigenvalue weighted by Crippen LogP contribution is 2.15. The molecule has 0 aromatic carbocycles. The van der Waals surface area contributed by atoms with Crippen LogP contribution in [0.2, 0.25) is 0 Å². The van der Waals surface area contributed by atoms with Gasteiger partial charge in [-0.1, -0.05) is 294 Å². The Bertz CT molecular complexity index is 1890. The highest BCUT2D eigenvalue weighted by Gasteiger charge is 2.19. The van der Waals surface area contributed by atoms with E-state index >= 15 is 0 Å². The molecule has 0 aliphatic rings. The van der Waals surface area contributed by atoms with Gasteiger partial charge in [-0.15, -0.1) is 0 Å². The lowest BCUT2D eigenvalue weighted by Gasteiger charge is -2.18. The molecule has 1 unspecified atom stereocenters. The van der Waals surface area contributed by atoms with Gasteiger partial charge in [0, 0.05) is 19.3 Å². The molecule has 0 amide bonds. The van der Waals surface area contributed by atoms with E-state index in [1.54, 1.807) is 0 Å². The number of allylic oxidation sites excluding steroid dienone is 28. The van der Waals surface area contributed by atoms with Crippen molar-refractivity contribution in [2.24, 2.45) is 0 Å². The fourth-order valence-electron chi connectivity index (χ4n) is 8.80. The lowest BCUT2D eigenvalue weighted by atomic mass is 10.0. The van der Waals surface area contributed by atoms with Crippen molar-refractivity contribution in [2.75, 3.05) is 13.2 Å². The quantitative estimate of drug-likeness (QED) is 0.0261. The lowest BCUT2D eigenvalue weighted by Crippen LogP contribution is -2.30. The summed E-state index contributed by atoms with van der Waals surface area (Å²) in [6.45, 7) is 6.23. The van der Waals surface area contributed by atoms with E-state index in [2.05, 4.69) is 185 Å². The summed E-state index contributed by atoms with van der Waals surface area (Å²) in [6.07, 6.45) is 102. The van der Waals surface area contributed by atoms with Crippen molar-refractivity contribution in [3.05, 3.63) is 170 Å². The maximum Gasteiger partial charge on any atom is 0.306 e. The Balaban J connectivity index is 4.37. The van der Waals surface area contributed by atoms with Crippen LogP contribution < -0.4 is 0 Å². The second-order valence-electron chi connectivity index (χ2n) is 21.6. The Morgan fingerprint density at radius 3 is 0.747 bits per heavy atom. The standard InChI is InChI=1S/C77H122O6/c1-4-7-10-13-16-19-22-25-27-29-31-33-35-36-37-38-39-40-42-43-45-47-49-52-55-58-61-64-67-70-76(79)82-73-74(72-81-75(78)69-66-63-60-57-54-51-24-21-18-15-12-9-6-3)83-77(80)71-68-65-62-59-56-53-50-48-46-44-41-34-32-30-28-26-23-20-17-14-11-8-5-2/h7-12,16-21,25-28,31-34,36-37,39-40,51,54,60,63,74H,4-6,13-15,22-24,29-30,35,38,41-50,52-53,55-59,61-62,64-73H2,1-3H3/b10-7-,11-8-,12-9-,19-16-,20-17-,21-18-,27-25-,28-26-,33-31-,34-32-,37-36-,40-39-,54-51-,63-60-. The Morgan fingerprint density at radius 1 is 0.241 bits per heavy atom. The average Bonchev–Trinajstić information content (AvgIpc) is 3.49. The van der Waals surface area contributed by atoms with E-state index in [0.717, 1.165) is 135 Å². The first kappa shape index (κ1) is 77.8. The summed E-state index contributed by atoms with van der Waals surface area (Å²) in [5, 5.41) is 0. The molecule has 6 nitrogen and oxygen atoms in total. The molecule has 1 atom stereocenters. The molecule has 466 valence electrons. The maximum atomic E-state index is 12.9. The first-order valence-electron chi connectivity index (χ1n) is 33.6. The van der Waals surface area contributed by atoms with Crippen LogP contribution in [0.3, 0.4) is 0 Å². The molecule has 0 saturated carbocycles. The number of unbranched alkanes of at least 4 members (excludes halogenated alkanes) is 20. The van der Waals surface area contributed by atoms with E-state index in [4.69, 9.17) is 14.2 Å². The topological polar surface area (TPSA) is 78.9 Å². The third-order valence-corrected chi connectivity index (χ3v) is 13.7. The smallest absolute Gasteiger partial charge is 0.306 e. The van der Waals surface area contributed by atoms with Gasteiger partial charge in [0.15, 0.2) is 6.10 Å². The van der Waals surface area contributed by atoms with Gasteiger partial charge in [0.05, 0.1) is 0 Å². The van der Waals surface area contributed by atoms with Gasteiger partial charge in [-0.3, -0.25) is 14.4 Å². The number of esters is 3. The van der Waals surface area contributed by atoms with Crippen LogP contribution in [-0.2, 0) is 28.6 Å². The average molecular weight is 1140 g/mol. The van der Waals surface area contributed by atoms with Gasteiger partial charge in [-0.25, -0.2) is 0 Å². The second kappa shape index (κ2) is 69.3. The molecule has 0 aliphatic heterocycles. The minimum absolute atomic E-state index is 0.111. The van der Waals surface area contributed by atoms with Gasteiger partial charge in [0.25, 0.3) is 0 Å². The molecule has 0 fully saturated rings. The summed E-state index contributed by atoms with van der Waals surface area (Å²) in [5.74, 6) is -1.01. The number of ether oxygens (including phenoxy) is 3. The van der Waals surface area contributed by atoms with Crippen molar-refractivity contribution >= 4 is 17.9 Å². The van der Waals surface area contributed by atoms with Gasteiger partial charge in [-0.2, -0.15) is 0 Å². The lowest BCUT2D eigenvalue weighted by molar-refractivity contribution is -0.166. The number of hydrogen-bond acceptors (Lipinski definition) is 6. The zero-order valence-corrected chi connectivity index (χ0v) is 53.4. The first-order valence-corrected chi connectivity index (χ1v) is 33.6. The van der Waals surface area contributed by atoms with Gasteiger partial charge in [-0.05, 0) is 135 Å². The van der Waals surface area contributed by atoms with Crippen molar-refractivity contribution < 1.29 is 28.6 Å². The van der Waals surface area contributed by atoms with Crippen LogP contribution in [-0.4, -0.2) is 37.2 Å².